The summed E-state index contributed by atoms with van der Waals surface area (Å²) in [7, 11) is 0. The standard InChI is InChI=1S/C17H13N5O2S2/c18-7-9-25-14-6-2-1-5-13(14)20-15(23)11-26-17-22-21-16(24-17)12-4-3-8-19-10-12/h1-6,8,10H,9,11H2,(H,20,23). The number of rotatable bonds is 7. The van der Waals surface area contributed by atoms with Gasteiger partial charge in [0.25, 0.3) is 5.22 Å². The predicted molar refractivity (Wildman–Crippen MR) is 99.7 cm³/mol. The van der Waals surface area contributed by atoms with E-state index >= 15 is 0 Å². The van der Waals surface area contributed by atoms with Crippen LogP contribution >= 0.6 is 23.5 Å². The number of carbonyl (C=O) groups is 1. The molecule has 0 unspecified atom stereocenters. The van der Waals surface area contributed by atoms with Crippen molar-refractivity contribution < 1.29 is 9.21 Å². The molecule has 0 saturated carbocycles. The van der Waals surface area contributed by atoms with E-state index < -0.39 is 0 Å². The summed E-state index contributed by atoms with van der Waals surface area (Å²) in [5.74, 6) is 0.618. The van der Waals surface area contributed by atoms with Crippen LogP contribution in [0.3, 0.4) is 0 Å². The molecule has 1 aromatic carbocycles. The Morgan fingerprint density at radius 1 is 1.19 bits per heavy atom. The lowest BCUT2D eigenvalue weighted by Crippen LogP contribution is -2.14. The predicted octanol–water partition coefficient (Wildman–Crippen LogP) is 3.48. The minimum atomic E-state index is -0.193. The second-order valence-corrected chi connectivity index (χ2v) is 6.84. The van der Waals surface area contributed by atoms with Crippen LogP contribution in [0.25, 0.3) is 11.5 Å². The molecule has 0 spiro atoms. The van der Waals surface area contributed by atoms with Gasteiger partial charge in [-0.1, -0.05) is 23.9 Å². The van der Waals surface area contributed by atoms with Crippen LogP contribution in [0, 0.1) is 11.3 Å². The largest absolute Gasteiger partial charge is 0.411 e. The molecule has 3 rings (SSSR count). The van der Waals surface area contributed by atoms with Crippen molar-refractivity contribution in [2.45, 2.75) is 10.1 Å². The molecule has 2 heterocycles. The SMILES string of the molecule is N#CCSc1ccccc1NC(=O)CSc1nnc(-c2cccnc2)o1. The lowest BCUT2D eigenvalue weighted by Gasteiger charge is -2.08. The molecule has 0 bridgehead atoms. The van der Waals surface area contributed by atoms with Crippen molar-refractivity contribution in [1.82, 2.24) is 15.2 Å². The quantitative estimate of drug-likeness (QED) is 0.618. The minimum Gasteiger partial charge on any atom is -0.411 e. The number of nitrogens with zero attached hydrogens (tertiary/aromatic N) is 4. The van der Waals surface area contributed by atoms with Crippen LogP contribution in [-0.4, -0.2) is 32.6 Å². The first-order valence-electron chi connectivity index (χ1n) is 7.51. The van der Waals surface area contributed by atoms with Crippen molar-refractivity contribution in [3.63, 3.8) is 0 Å². The van der Waals surface area contributed by atoms with E-state index in [1.807, 2.05) is 24.3 Å². The van der Waals surface area contributed by atoms with Gasteiger partial charge in [-0.3, -0.25) is 9.78 Å². The molecule has 0 radical (unpaired) electrons. The molecule has 3 aromatic rings. The Hall–Kier alpha value is -2.83. The van der Waals surface area contributed by atoms with Gasteiger partial charge in [-0.2, -0.15) is 5.26 Å². The molecule has 2 aromatic heterocycles. The third kappa shape index (κ3) is 4.84. The number of amides is 1. The number of nitriles is 1. The normalized spacial score (nSPS) is 10.3. The Morgan fingerprint density at radius 3 is 2.88 bits per heavy atom. The zero-order valence-electron chi connectivity index (χ0n) is 13.5. The van der Waals surface area contributed by atoms with Gasteiger partial charge in [-0.25, -0.2) is 0 Å². The molecule has 7 nitrogen and oxygen atoms in total. The summed E-state index contributed by atoms with van der Waals surface area (Å²) in [6.07, 6.45) is 3.29. The molecule has 0 aliphatic rings. The van der Waals surface area contributed by atoms with Crippen LogP contribution in [0.2, 0.25) is 0 Å². The number of para-hydroxylation sites is 1. The summed E-state index contributed by atoms with van der Waals surface area (Å²) in [6, 6.07) is 13.0. The number of anilines is 1. The van der Waals surface area contributed by atoms with Gasteiger partial charge >= 0.3 is 0 Å². The van der Waals surface area contributed by atoms with E-state index in [2.05, 4.69) is 26.6 Å². The average molecular weight is 383 g/mol. The van der Waals surface area contributed by atoms with Gasteiger partial charge in [-0.15, -0.1) is 22.0 Å². The first kappa shape index (κ1) is 18.0. The van der Waals surface area contributed by atoms with Gasteiger partial charge in [0.05, 0.1) is 28.8 Å². The first-order chi connectivity index (χ1) is 12.8. The van der Waals surface area contributed by atoms with Crippen molar-refractivity contribution in [2.24, 2.45) is 0 Å². The molecular formula is C17H13N5O2S2. The Morgan fingerprint density at radius 2 is 2.08 bits per heavy atom. The highest BCUT2D eigenvalue weighted by Gasteiger charge is 2.12. The van der Waals surface area contributed by atoms with Crippen molar-refractivity contribution >= 4 is 35.1 Å². The fourth-order valence-corrected chi connectivity index (χ4v) is 3.23. The third-order valence-electron chi connectivity index (χ3n) is 3.10. The summed E-state index contributed by atoms with van der Waals surface area (Å²) in [6.45, 7) is 0. The first-order valence-corrected chi connectivity index (χ1v) is 9.48. The Kier molecular flexibility index (Phi) is 6.24. The number of hydrogen-bond acceptors (Lipinski definition) is 8. The number of hydrogen-bond donors (Lipinski definition) is 1. The summed E-state index contributed by atoms with van der Waals surface area (Å²) in [5.41, 5.74) is 1.40. The van der Waals surface area contributed by atoms with E-state index in [0.717, 1.165) is 22.2 Å². The van der Waals surface area contributed by atoms with Gasteiger partial charge < -0.3 is 9.73 Å². The number of carbonyl (C=O) groups excluding carboxylic acids is 1. The number of thioether (sulfide) groups is 2. The molecule has 130 valence electrons. The molecule has 9 heteroatoms. The fraction of sp³-hybridized carbons (Fsp3) is 0.118. The molecule has 0 fully saturated rings. The average Bonchev–Trinajstić information content (AvgIpc) is 3.15. The number of nitrogens with one attached hydrogen (secondary N) is 1. The summed E-state index contributed by atoms with van der Waals surface area (Å²) >= 11 is 2.53. The Bertz CT molecular complexity index is 924. The van der Waals surface area contributed by atoms with E-state index in [0.29, 0.717) is 22.6 Å². The van der Waals surface area contributed by atoms with Crippen LogP contribution in [0.15, 0.2) is 63.3 Å². The Balaban J connectivity index is 1.57. The van der Waals surface area contributed by atoms with Crippen molar-refractivity contribution in [1.29, 1.82) is 5.26 Å². The lowest BCUT2D eigenvalue weighted by atomic mass is 10.3. The zero-order valence-corrected chi connectivity index (χ0v) is 15.1. The molecular weight excluding hydrogens is 370 g/mol. The maximum absolute atomic E-state index is 12.2. The van der Waals surface area contributed by atoms with Gasteiger partial charge in [0.1, 0.15) is 0 Å². The van der Waals surface area contributed by atoms with E-state index in [1.54, 1.807) is 24.5 Å². The van der Waals surface area contributed by atoms with Gasteiger partial charge in [0.2, 0.25) is 11.8 Å². The lowest BCUT2D eigenvalue weighted by molar-refractivity contribution is -0.113. The van der Waals surface area contributed by atoms with Crippen LogP contribution in [-0.2, 0) is 4.79 Å². The molecule has 0 aliphatic heterocycles. The van der Waals surface area contributed by atoms with E-state index in [1.165, 1.54) is 11.8 Å². The van der Waals surface area contributed by atoms with Gasteiger partial charge in [-0.05, 0) is 24.3 Å². The third-order valence-corrected chi connectivity index (χ3v) is 4.85. The monoisotopic (exact) mass is 383 g/mol. The molecule has 1 N–H and O–H groups in total. The maximum atomic E-state index is 12.2. The molecule has 0 atom stereocenters. The number of aromatic nitrogens is 3. The minimum absolute atomic E-state index is 0.131. The molecule has 26 heavy (non-hydrogen) atoms. The molecule has 0 aliphatic carbocycles. The van der Waals surface area contributed by atoms with E-state index in [4.69, 9.17) is 9.68 Å². The van der Waals surface area contributed by atoms with Crippen LogP contribution < -0.4 is 5.32 Å². The second-order valence-electron chi connectivity index (χ2n) is 4.89. The maximum Gasteiger partial charge on any atom is 0.277 e. The highest BCUT2D eigenvalue weighted by molar-refractivity contribution is 8.00. The van der Waals surface area contributed by atoms with Crippen molar-refractivity contribution in [3.05, 3.63) is 48.8 Å². The van der Waals surface area contributed by atoms with Crippen LogP contribution in [0.5, 0.6) is 0 Å². The molecule has 1 amide bonds. The highest BCUT2D eigenvalue weighted by Crippen LogP contribution is 2.27. The van der Waals surface area contributed by atoms with Gasteiger partial charge in [0, 0.05) is 17.3 Å². The smallest absolute Gasteiger partial charge is 0.277 e. The Labute approximate surface area is 158 Å². The van der Waals surface area contributed by atoms with Crippen LogP contribution in [0.4, 0.5) is 5.69 Å². The summed E-state index contributed by atoms with van der Waals surface area (Å²) in [5, 5.41) is 19.7. The summed E-state index contributed by atoms with van der Waals surface area (Å²) in [4.78, 5) is 17.0. The second kappa shape index (κ2) is 9.03. The topological polar surface area (TPSA) is 105 Å². The van der Waals surface area contributed by atoms with Crippen molar-refractivity contribution in [3.8, 4) is 17.5 Å². The van der Waals surface area contributed by atoms with Gasteiger partial charge in [0.15, 0.2) is 0 Å². The zero-order chi connectivity index (χ0) is 18.2. The highest BCUT2D eigenvalue weighted by atomic mass is 32.2. The van der Waals surface area contributed by atoms with E-state index in [-0.39, 0.29) is 11.7 Å². The number of pyridine rings is 1. The number of benzene rings is 1. The van der Waals surface area contributed by atoms with Crippen molar-refractivity contribution in [2.75, 3.05) is 16.8 Å². The van der Waals surface area contributed by atoms with Crippen LogP contribution in [0.1, 0.15) is 0 Å². The summed E-state index contributed by atoms with van der Waals surface area (Å²) < 4.78 is 5.53. The molecule has 0 saturated heterocycles. The fourth-order valence-electron chi connectivity index (χ4n) is 1.99. The van der Waals surface area contributed by atoms with E-state index in [9.17, 15) is 4.79 Å².